The van der Waals surface area contributed by atoms with Crippen LogP contribution >= 0.6 is 11.6 Å². The monoisotopic (exact) mass is 467 g/mol. The summed E-state index contributed by atoms with van der Waals surface area (Å²) < 4.78 is 34.3. The Hall–Kier alpha value is -3.71. The van der Waals surface area contributed by atoms with Gasteiger partial charge in [-0.15, -0.1) is 5.10 Å². The molecule has 0 atom stereocenters. The van der Waals surface area contributed by atoms with E-state index < -0.39 is 5.91 Å². The first-order chi connectivity index (χ1) is 15.9. The SMILES string of the molecule is Cc1ccc(NC(=O)c2cn(Cc3cccc(F)c3)nc2OCc2cccc(F)c2)cc1Cl. The molecular formula is C25H20ClF2N3O2. The fraction of sp³-hybridized carbons (Fsp3) is 0.120. The van der Waals surface area contributed by atoms with E-state index in [0.717, 1.165) is 5.56 Å². The lowest BCUT2D eigenvalue weighted by Gasteiger charge is -2.08. The lowest BCUT2D eigenvalue weighted by atomic mass is 10.2. The summed E-state index contributed by atoms with van der Waals surface area (Å²) in [4.78, 5) is 13.0. The zero-order valence-electron chi connectivity index (χ0n) is 17.7. The highest BCUT2D eigenvalue weighted by Gasteiger charge is 2.19. The summed E-state index contributed by atoms with van der Waals surface area (Å²) in [6.07, 6.45) is 1.52. The van der Waals surface area contributed by atoms with Crippen LogP contribution in [0.2, 0.25) is 5.02 Å². The van der Waals surface area contributed by atoms with Gasteiger partial charge in [0.15, 0.2) is 0 Å². The Balaban J connectivity index is 1.59. The number of ether oxygens (including phenoxy) is 1. The molecule has 0 saturated heterocycles. The molecule has 1 N–H and O–H groups in total. The van der Waals surface area contributed by atoms with E-state index in [9.17, 15) is 13.6 Å². The Labute approximate surface area is 194 Å². The second kappa shape index (κ2) is 9.83. The molecule has 0 saturated carbocycles. The van der Waals surface area contributed by atoms with Gasteiger partial charge in [0, 0.05) is 16.9 Å². The van der Waals surface area contributed by atoms with Crippen LogP contribution in [0.3, 0.4) is 0 Å². The van der Waals surface area contributed by atoms with Gasteiger partial charge in [0.25, 0.3) is 5.91 Å². The summed E-state index contributed by atoms with van der Waals surface area (Å²) in [6, 6.07) is 17.3. The molecule has 0 radical (unpaired) electrons. The number of benzene rings is 3. The summed E-state index contributed by atoms with van der Waals surface area (Å²) in [6.45, 7) is 2.12. The normalized spacial score (nSPS) is 10.8. The zero-order chi connectivity index (χ0) is 23.4. The number of nitrogens with one attached hydrogen (secondary N) is 1. The Morgan fingerprint density at radius 3 is 2.42 bits per heavy atom. The molecule has 168 valence electrons. The molecule has 0 spiro atoms. The predicted molar refractivity (Wildman–Crippen MR) is 123 cm³/mol. The fourth-order valence-corrected chi connectivity index (χ4v) is 3.40. The van der Waals surface area contributed by atoms with Gasteiger partial charge in [-0.1, -0.05) is 41.9 Å². The second-order valence-electron chi connectivity index (χ2n) is 7.51. The topological polar surface area (TPSA) is 56.2 Å². The van der Waals surface area contributed by atoms with Gasteiger partial charge in [0.05, 0.1) is 6.54 Å². The molecule has 5 nitrogen and oxygen atoms in total. The molecule has 0 fully saturated rings. The average molecular weight is 468 g/mol. The van der Waals surface area contributed by atoms with Gasteiger partial charge in [-0.05, 0) is 60.0 Å². The van der Waals surface area contributed by atoms with Crippen molar-refractivity contribution in [1.82, 2.24) is 9.78 Å². The summed E-state index contributed by atoms with van der Waals surface area (Å²) in [5.74, 6) is -1.13. The number of carbonyl (C=O) groups is 1. The highest BCUT2D eigenvalue weighted by atomic mass is 35.5. The molecule has 4 aromatic rings. The molecule has 1 amide bonds. The van der Waals surface area contributed by atoms with E-state index in [-0.39, 0.29) is 36.2 Å². The molecule has 4 rings (SSSR count). The zero-order valence-corrected chi connectivity index (χ0v) is 18.4. The van der Waals surface area contributed by atoms with Crippen molar-refractivity contribution in [3.63, 3.8) is 0 Å². The molecule has 8 heteroatoms. The third-order valence-electron chi connectivity index (χ3n) is 4.90. The van der Waals surface area contributed by atoms with Gasteiger partial charge in [-0.25, -0.2) is 8.78 Å². The quantitative estimate of drug-likeness (QED) is 0.362. The number of aryl methyl sites for hydroxylation is 1. The highest BCUT2D eigenvalue weighted by Crippen LogP contribution is 2.23. The number of carbonyl (C=O) groups excluding carboxylic acids is 1. The second-order valence-corrected chi connectivity index (χ2v) is 7.92. The predicted octanol–water partition coefficient (Wildman–Crippen LogP) is 6.00. The van der Waals surface area contributed by atoms with Crippen LogP contribution in [0.5, 0.6) is 5.88 Å². The minimum Gasteiger partial charge on any atom is -0.471 e. The molecule has 1 heterocycles. The number of aromatic nitrogens is 2. The standard InChI is InChI=1S/C25H20ClF2N3O2/c1-16-8-9-21(12-23(16)26)29-24(32)22-14-31(13-17-4-2-6-19(27)10-17)30-25(22)33-15-18-5-3-7-20(28)11-18/h2-12,14H,13,15H2,1H3,(H,29,32). The lowest BCUT2D eigenvalue weighted by Crippen LogP contribution is -2.13. The number of amides is 1. The van der Waals surface area contributed by atoms with Crippen molar-refractivity contribution in [3.05, 3.63) is 112 Å². The van der Waals surface area contributed by atoms with E-state index in [0.29, 0.717) is 21.8 Å². The lowest BCUT2D eigenvalue weighted by molar-refractivity contribution is 0.102. The smallest absolute Gasteiger partial charge is 0.262 e. The first-order valence-electron chi connectivity index (χ1n) is 10.1. The minimum atomic E-state index is -0.449. The maximum absolute atomic E-state index is 13.6. The van der Waals surface area contributed by atoms with Crippen LogP contribution < -0.4 is 10.1 Å². The molecule has 0 unspecified atom stereocenters. The van der Waals surface area contributed by atoms with Crippen LogP contribution in [-0.4, -0.2) is 15.7 Å². The van der Waals surface area contributed by atoms with Crippen LogP contribution in [0.25, 0.3) is 0 Å². The fourth-order valence-electron chi connectivity index (χ4n) is 3.22. The Bertz CT molecular complexity index is 1310. The van der Waals surface area contributed by atoms with Crippen molar-refractivity contribution in [2.45, 2.75) is 20.1 Å². The maximum Gasteiger partial charge on any atom is 0.262 e. The van der Waals surface area contributed by atoms with Gasteiger partial charge in [-0.3, -0.25) is 9.48 Å². The van der Waals surface area contributed by atoms with Crippen molar-refractivity contribution in [2.75, 3.05) is 5.32 Å². The highest BCUT2D eigenvalue weighted by molar-refractivity contribution is 6.31. The van der Waals surface area contributed by atoms with E-state index in [1.807, 2.05) is 6.92 Å². The summed E-state index contributed by atoms with van der Waals surface area (Å²) >= 11 is 6.16. The Kier molecular flexibility index (Phi) is 6.70. The Morgan fingerprint density at radius 2 is 1.73 bits per heavy atom. The van der Waals surface area contributed by atoms with E-state index >= 15 is 0 Å². The van der Waals surface area contributed by atoms with E-state index in [4.69, 9.17) is 16.3 Å². The number of halogens is 3. The number of rotatable bonds is 7. The van der Waals surface area contributed by atoms with Crippen LogP contribution in [0.4, 0.5) is 14.5 Å². The molecular weight excluding hydrogens is 448 g/mol. The molecule has 0 aliphatic heterocycles. The molecule has 0 aliphatic rings. The summed E-state index contributed by atoms with van der Waals surface area (Å²) in [5, 5.41) is 7.67. The van der Waals surface area contributed by atoms with Crippen LogP contribution in [0.15, 0.2) is 72.9 Å². The van der Waals surface area contributed by atoms with Crippen LogP contribution in [0, 0.1) is 18.6 Å². The van der Waals surface area contributed by atoms with Crippen molar-refractivity contribution in [3.8, 4) is 5.88 Å². The summed E-state index contributed by atoms with van der Waals surface area (Å²) in [5.41, 5.74) is 2.85. The molecule has 33 heavy (non-hydrogen) atoms. The minimum absolute atomic E-state index is 0.0192. The maximum atomic E-state index is 13.6. The number of hydrogen-bond donors (Lipinski definition) is 1. The Morgan fingerprint density at radius 1 is 1.03 bits per heavy atom. The number of anilines is 1. The average Bonchev–Trinajstić information content (AvgIpc) is 3.18. The van der Waals surface area contributed by atoms with Gasteiger partial charge < -0.3 is 10.1 Å². The van der Waals surface area contributed by atoms with Gasteiger partial charge in [0.1, 0.15) is 23.8 Å². The first-order valence-corrected chi connectivity index (χ1v) is 10.5. The van der Waals surface area contributed by atoms with Gasteiger partial charge >= 0.3 is 0 Å². The molecule has 1 aromatic heterocycles. The van der Waals surface area contributed by atoms with Crippen molar-refractivity contribution in [1.29, 1.82) is 0 Å². The molecule has 0 aliphatic carbocycles. The van der Waals surface area contributed by atoms with Gasteiger partial charge in [0.2, 0.25) is 5.88 Å². The number of hydrogen-bond acceptors (Lipinski definition) is 3. The van der Waals surface area contributed by atoms with E-state index in [2.05, 4.69) is 10.4 Å². The van der Waals surface area contributed by atoms with Crippen molar-refractivity contribution >= 4 is 23.2 Å². The third-order valence-corrected chi connectivity index (χ3v) is 5.31. The molecule has 0 bridgehead atoms. The van der Waals surface area contributed by atoms with E-state index in [1.54, 1.807) is 42.5 Å². The van der Waals surface area contributed by atoms with E-state index in [1.165, 1.54) is 35.1 Å². The first kappa shape index (κ1) is 22.5. The van der Waals surface area contributed by atoms with Crippen molar-refractivity contribution in [2.24, 2.45) is 0 Å². The number of nitrogens with zero attached hydrogens (tertiary/aromatic N) is 2. The van der Waals surface area contributed by atoms with Crippen molar-refractivity contribution < 1.29 is 18.3 Å². The van der Waals surface area contributed by atoms with Crippen LogP contribution in [0.1, 0.15) is 27.0 Å². The van der Waals surface area contributed by atoms with Gasteiger partial charge in [-0.2, -0.15) is 0 Å². The molecule has 3 aromatic carbocycles. The van der Waals surface area contributed by atoms with Crippen LogP contribution in [-0.2, 0) is 13.2 Å². The summed E-state index contributed by atoms with van der Waals surface area (Å²) in [7, 11) is 0. The third kappa shape index (κ3) is 5.75. The largest absolute Gasteiger partial charge is 0.471 e.